The number of rotatable bonds is 0. The molecule has 0 amide bonds. The van der Waals surface area contributed by atoms with Crippen LogP contribution >= 0.6 is 11.8 Å². The second-order valence-electron chi connectivity index (χ2n) is 1.99. The van der Waals surface area contributed by atoms with Gasteiger partial charge in [-0.25, -0.2) is 0 Å². The maximum atomic E-state index is 11.0. The van der Waals surface area contributed by atoms with E-state index in [0.29, 0.717) is 11.7 Å². The molecule has 0 N–H and O–H groups in total. The lowest BCUT2D eigenvalue weighted by Crippen LogP contribution is -1.81. The van der Waals surface area contributed by atoms with Gasteiger partial charge in [0.2, 0.25) is 5.75 Å². The highest BCUT2D eigenvalue weighted by atomic mass is 32.2. The van der Waals surface area contributed by atoms with Crippen molar-refractivity contribution in [1.29, 1.82) is 0 Å². The quantitative estimate of drug-likeness (QED) is 0.572. The second kappa shape index (κ2) is 2.09. The van der Waals surface area contributed by atoms with Gasteiger partial charge < -0.3 is 4.74 Å². The summed E-state index contributed by atoms with van der Waals surface area (Å²) in [5.41, 5.74) is 0. The molecule has 0 saturated heterocycles. The molecule has 0 fully saturated rings. The van der Waals surface area contributed by atoms with Crippen molar-refractivity contribution in [2.24, 2.45) is 0 Å². The van der Waals surface area contributed by atoms with Crippen molar-refractivity contribution in [3.05, 3.63) is 18.2 Å². The molecule has 1 aromatic rings. The first-order valence-electron chi connectivity index (χ1n) is 2.93. The van der Waals surface area contributed by atoms with Crippen LogP contribution in [0.1, 0.15) is 0 Å². The number of hydrogen-bond acceptors (Lipinski definition) is 2. The van der Waals surface area contributed by atoms with Gasteiger partial charge in [-0.3, -0.25) is 5.11 Å². The fourth-order valence-corrected chi connectivity index (χ4v) is 1.67. The van der Waals surface area contributed by atoms with Crippen LogP contribution in [0.3, 0.4) is 0 Å². The zero-order valence-corrected chi connectivity index (χ0v) is 5.98. The van der Waals surface area contributed by atoms with E-state index >= 15 is 0 Å². The highest BCUT2D eigenvalue weighted by Gasteiger charge is 2.16. The summed E-state index contributed by atoms with van der Waals surface area (Å²) in [6.07, 6.45) is 0. The third-order valence-electron chi connectivity index (χ3n) is 1.36. The van der Waals surface area contributed by atoms with Crippen LogP contribution in [0.15, 0.2) is 23.1 Å². The van der Waals surface area contributed by atoms with E-state index in [-0.39, 0.29) is 5.75 Å². The first-order valence-corrected chi connectivity index (χ1v) is 3.92. The summed E-state index contributed by atoms with van der Waals surface area (Å²) in [5, 5.41) is 11.0. The molecule has 0 unspecified atom stereocenters. The summed E-state index contributed by atoms with van der Waals surface area (Å²) in [6, 6.07) is 5.17. The van der Waals surface area contributed by atoms with Crippen molar-refractivity contribution in [2.75, 3.05) is 5.94 Å². The molecule has 0 spiro atoms. The number of fused-ring (bicyclic) bond motifs is 1. The van der Waals surface area contributed by atoms with Gasteiger partial charge in [-0.05, 0) is 12.1 Å². The maximum absolute atomic E-state index is 11.0. The molecule has 0 aliphatic carbocycles. The van der Waals surface area contributed by atoms with E-state index in [1.165, 1.54) is 6.07 Å². The molecule has 0 saturated carbocycles. The minimum atomic E-state index is -0.0116. The van der Waals surface area contributed by atoms with Gasteiger partial charge >= 0.3 is 0 Å². The maximum Gasteiger partial charge on any atom is 0.221 e. The molecular formula is C7H5O2S. The Morgan fingerprint density at radius 1 is 1.50 bits per heavy atom. The summed E-state index contributed by atoms with van der Waals surface area (Å²) in [4.78, 5) is 0.965. The minimum absolute atomic E-state index is 0.0116. The van der Waals surface area contributed by atoms with E-state index < -0.39 is 0 Å². The molecule has 0 aromatic heterocycles. The zero-order chi connectivity index (χ0) is 6.97. The third kappa shape index (κ3) is 0.743. The van der Waals surface area contributed by atoms with Crippen LogP contribution in [0.2, 0.25) is 0 Å². The molecule has 10 heavy (non-hydrogen) atoms. The summed E-state index contributed by atoms with van der Waals surface area (Å²) >= 11 is 1.56. The Labute approximate surface area is 62.8 Å². The topological polar surface area (TPSA) is 29.1 Å². The Morgan fingerprint density at radius 3 is 3.20 bits per heavy atom. The molecule has 3 heteroatoms. The van der Waals surface area contributed by atoms with E-state index in [0.717, 1.165) is 4.90 Å². The fourth-order valence-electron chi connectivity index (χ4n) is 0.903. The number of benzene rings is 1. The van der Waals surface area contributed by atoms with Gasteiger partial charge in [0.1, 0.15) is 5.94 Å². The van der Waals surface area contributed by atoms with Crippen molar-refractivity contribution in [1.82, 2.24) is 0 Å². The zero-order valence-electron chi connectivity index (χ0n) is 5.16. The molecule has 0 bridgehead atoms. The normalized spacial score (nSPS) is 14.4. The van der Waals surface area contributed by atoms with Gasteiger partial charge in [0.05, 0.1) is 4.90 Å². The van der Waals surface area contributed by atoms with Crippen LogP contribution < -0.4 is 4.74 Å². The molecule has 2 nitrogen and oxygen atoms in total. The Balaban J connectivity index is 2.59. The number of hydrogen-bond donors (Lipinski definition) is 0. The highest BCUT2D eigenvalue weighted by molar-refractivity contribution is 7.99. The van der Waals surface area contributed by atoms with Crippen molar-refractivity contribution in [3.63, 3.8) is 0 Å². The van der Waals surface area contributed by atoms with Gasteiger partial charge in [-0.15, -0.1) is 0 Å². The predicted octanol–water partition coefficient (Wildman–Crippen LogP) is 2.27. The van der Waals surface area contributed by atoms with Gasteiger partial charge in [0.15, 0.2) is 5.75 Å². The lowest BCUT2D eigenvalue weighted by Gasteiger charge is -1.95. The lowest BCUT2D eigenvalue weighted by molar-refractivity contribution is 0.309. The fraction of sp³-hybridized carbons (Fsp3) is 0.143. The molecule has 1 aliphatic heterocycles. The van der Waals surface area contributed by atoms with Crippen molar-refractivity contribution < 1.29 is 9.84 Å². The Bertz CT molecular complexity index is 260. The van der Waals surface area contributed by atoms with Crippen molar-refractivity contribution >= 4 is 11.8 Å². The average Bonchev–Trinajstić information content (AvgIpc) is 2.36. The number of thioether (sulfide) groups is 1. The Hall–Kier alpha value is -0.830. The smallest absolute Gasteiger partial charge is 0.221 e. The van der Waals surface area contributed by atoms with Crippen LogP contribution in [0.5, 0.6) is 11.5 Å². The third-order valence-corrected chi connectivity index (χ3v) is 2.23. The monoisotopic (exact) mass is 153 g/mol. The number of para-hydroxylation sites is 1. The summed E-state index contributed by atoms with van der Waals surface area (Å²) in [7, 11) is 0. The summed E-state index contributed by atoms with van der Waals surface area (Å²) < 4.78 is 5.08. The van der Waals surface area contributed by atoms with E-state index in [4.69, 9.17) is 4.74 Å². The predicted molar refractivity (Wildman–Crippen MR) is 37.9 cm³/mol. The Morgan fingerprint density at radius 2 is 2.40 bits per heavy atom. The van der Waals surface area contributed by atoms with Crippen LogP contribution in [-0.4, -0.2) is 5.94 Å². The minimum Gasteiger partial charge on any atom is -0.477 e. The largest absolute Gasteiger partial charge is 0.477 e. The molecule has 1 aromatic carbocycles. The molecule has 0 atom stereocenters. The molecule has 1 aliphatic rings. The lowest BCUT2D eigenvalue weighted by atomic mass is 10.3. The summed E-state index contributed by atoms with van der Waals surface area (Å²) in [6.45, 7) is 0. The van der Waals surface area contributed by atoms with Gasteiger partial charge in [-0.2, -0.15) is 0 Å². The van der Waals surface area contributed by atoms with Crippen molar-refractivity contribution in [3.8, 4) is 11.5 Å². The van der Waals surface area contributed by atoms with E-state index in [1.807, 2.05) is 6.07 Å². The highest BCUT2D eigenvalue weighted by Crippen LogP contribution is 2.42. The first kappa shape index (κ1) is 5.92. The van der Waals surface area contributed by atoms with Crippen molar-refractivity contribution in [2.45, 2.75) is 4.90 Å². The SMILES string of the molecule is [O]c1cccc2c1OCS2. The molecule has 2 rings (SSSR count). The molecule has 51 valence electrons. The number of ether oxygens (including phenoxy) is 1. The van der Waals surface area contributed by atoms with Gasteiger partial charge in [-0.1, -0.05) is 17.8 Å². The van der Waals surface area contributed by atoms with E-state index in [2.05, 4.69) is 0 Å². The average molecular weight is 153 g/mol. The van der Waals surface area contributed by atoms with Gasteiger partial charge in [0, 0.05) is 0 Å². The van der Waals surface area contributed by atoms with Crippen LogP contribution in [0.25, 0.3) is 0 Å². The molecular weight excluding hydrogens is 148 g/mol. The molecule has 1 radical (unpaired) electrons. The first-order chi connectivity index (χ1) is 4.88. The van der Waals surface area contributed by atoms with Crippen LogP contribution in [0, 0.1) is 0 Å². The van der Waals surface area contributed by atoms with Gasteiger partial charge in [0.25, 0.3) is 0 Å². The Kier molecular flexibility index (Phi) is 1.24. The second-order valence-corrected chi connectivity index (χ2v) is 2.95. The van der Waals surface area contributed by atoms with E-state index in [1.54, 1.807) is 17.8 Å². The standard InChI is InChI=1S/C7H5O2S/c8-5-2-1-3-6-7(5)9-4-10-6/h1-3H,4H2. The van der Waals surface area contributed by atoms with Crippen LogP contribution in [0.4, 0.5) is 0 Å². The summed E-state index contributed by atoms with van der Waals surface area (Å²) in [5.74, 6) is 1.09. The molecule has 1 heterocycles. The van der Waals surface area contributed by atoms with Crippen LogP contribution in [-0.2, 0) is 5.11 Å². The van der Waals surface area contributed by atoms with E-state index in [9.17, 15) is 5.11 Å².